The van der Waals surface area contributed by atoms with E-state index in [1.807, 2.05) is 42.9 Å². The van der Waals surface area contributed by atoms with Crippen LogP contribution in [0.15, 0.2) is 73.2 Å². The number of pyridine rings is 2. The zero-order valence-corrected chi connectivity index (χ0v) is 22.9. The van der Waals surface area contributed by atoms with E-state index in [1.165, 1.54) is 37.8 Å². The van der Waals surface area contributed by atoms with Gasteiger partial charge in [-0.1, -0.05) is 25.0 Å². The molecule has 1 fully saturated rings. The normalized spacial score (nSPS) is 13.9. The number of methoxy groups -OCH3 is 1. The summed E-state index contributed by atoms with van der Waals surface area (Å²) in [7, 11) is 1.54. The van der Waals surface area contributed by atoms with Crippen molar-refractivity contribution in [3.63, 3.8) is 0 Å². The largest absolute Gasteiger partial charge is 0.497 e. The summed E-state index contributed by atoms with van der Waals surface area (Å²) < 4.78 is 19.6. The average molecular weight is 547 g/mol. The Balaban J connectivity index is 1.21. The Hall–Kier alpha value is -4.56. The first kappa shape index (κ1) is 25.4. The second-order valence-corrected chi connectivity index (χ2v) is 10.9. The van der Waals surface area contributed by atoms with Crippen molar-refractivity contribution in [2.75, 3.05) is 13.7 Å². The smallest absolute Gasteiger partial charge is 0.155 e. The van der Waals surface area contributed by atoms with Crippen molar-refractivity contribution >= 4 is 21.9 Å². The van der Waals surface area contributed by atoms with Gasteiger partial charge in [-0.2, -0.15) is 5.10 Å². The minimum atomic E-state index is -0.341. The van der Waals surface area contributed by atoms with Crippen LogP contribution in [0.5, 0.6) is 5.75 Å². The second-order valence-electron chi connectivity index (χ2n) is 10.9. The molecule has 4 aromatic heterocycles. The molecule has 1 saturated carbocycles. The van der Waals surface area contributed by atoms with E-state index in [4.69, 9.17) is 4.74 Å². The van der Waals surface area contributed by atoms with Gasteiger partial charge in [-0.15, -0.1) is 0 Å². The molecule has 8 heteroatoms. The summed E-state index contributed by atoms with van der Waals surface area (Å²) in [4.78, 5) is 12.7. The lowest BCUT2D eigenvalue weighted by atomic mass is 10.0. The molecular formula is C33H31FN6O. The number of rotatable bonds is 8. The molecule has 4 heterocycles. The molecule has 206 valence electrons. The number of H-pyrrole nitrogens is 2. The number of benzene rings is 2. The highest BCUT2D eigenvalue weighted by Gasteiger charge is 2.17. The molecule has 1 aliphatic rings. The highest BCUT2D eigenvalue weighted by atomic mass is 19.1. The highest BCUT2D eigenvalue weighted by Crippen LogP contribution is 2.36. The zero-order chi connectivity index (χ0) is 27.8. The van der Waals surface area contributed by atoms with Gasteiger partial charge >= 0.3 is 0 Å². The maximum absolute atomic E-state index is 14.3. The van der Waals surface area contributed by atoms with Gasteiger partial charge in [-0.05, 0) is 78.4 Å². The van der Waals surface area contributed by atoms with Crippen LogP contribution in [-0.4, -0.2) is 38.8 Å². The van der Waals surface area contributed by atoms with Crippen LogP contribution in [0, 0.1) is 11.7 Å². The Morgan fingerprint density at radius 3 is 2.71 bits per heavy atom. The number of aromatic amines is 2. The molecule has 0 amide bonds. The van der Waals surface area contributed by atoms with Crippen molar-refractivity contribution in [3.8, 4) is 39.4 Å². The number of aromatic nitrogens is 5. The number of nitrogens with one attached hydrogen (secondary N) is 3. The lowest BCUT2D eigenvalue weighted by molar-refractivity contribution is 0.411. The summed E-state index contributed by atoms with van der Waals surface area (Å²) in [6.07, 6.45) is 11.1. The van der Waals surface area contributed by atoms with Crippen LogP contribution in [-0.2, 0) is 6.54 Å². The first-order chi connectivity index (χ1) is 20.1. The summed E-state index contributed by atoms with van der Waals surface area (Å²) in [5.41, 5.74) is 8.08. The maximum atomic E-state index is 14.3. The van der Waals surface area contributed by atoms with Gasteiger partial charge in [0.1, 0.15) is 17.3 Å². The van der Waals surface area contributed by atoms with Gasteiger partial charge in [0.15, 0.2) is 5.65 Å². The lowest BCUT2D eigenvalue weighted by Crippen LogP contribution is -2.20. The van der Waals surface area contributed by atoms with Gasteiger partial charge in [-0.25, -0.2) is 9.37 Å². The first-order valence-electron chi connectivity index (χ1n) is 14.1. The zero-order valence-electron chi connectivity index (χ0n) is 22.9. The van der Waals surface area contributed by atoms with Crippen molar-refractivity contribution < 1.29 is 9.13 Å². The Labute approximate surface area is 237 Å². The van der Waals surface area contributed by atoms with Crippen LogP contribution >= 0.6 is 0 Å². The maximum Gasteiger partial charge on any atom is 0.155 e. The number of ether oxygens (including phenoxy) is 1. The minimum absolute atomic E-state index is 0.341. The number of nitrogens with zero attached hydrogens (tertiary/aromatic N) is 3. The number of halogens is 1. The molecule has 0 bridgehead atoms. The van der Waals surface area contributed by atoms with Crippen LogP contribution in [0.2, 0.25) is 0 Å². The molecule has 0 unspecified atom stereocenters. The number of hydrogen-bond donors (Lipinski definition) is 3. The predicted octanol–water partition coefficient (Wildman–Crippen LogP) is 7.26. The first-order valence-corrected chi connectivity index (χ1v) is 14.1. The summed E-state index contributed by atoms with van der Waals surface area (Å²) in [6.45, 7) is 1.87. The van der Waals surface area contributed by atoms with Crippen LogP contribution in [0.3, 0.4) is 0 Å². The van der Waals surface area contributed by atoms with E-state index in [2.05, 4.69) is 48.7 Å². The summed E-state index contributed by atoms with van der Waals surface area (Å²) in [5, 5.41) is 13.2. The molecule has 6 aromatic rings. The van der Waals surface area contributed by atoms with Crippen molar-refractivity contribution in [2.24, 2.45) is 5.92 Å². The number of hydrogen-bond acceptors (Lipinski definition) is 5. The van der Waals surface area contributed by atoms with Crippen molar-refractivity contribution in [1.29, 1.82) is 0 Å². The molecule has 0 spiro atoms. The highest BCUT2D eigenvalue weighted by molar-refractivity contribution is 6.01. The van der Waals surface area contributed by atoms with Gasteiger partial charge in [-0.3, -0.25) is 10.1 Å². The fourth-order valence-electron chi connectivity index (χ4n) is 6.01. The average Bonchev–Trinajstić information content (AvgIpc) is 3.76. The summed E-state index contributed by atoms with van der Waals surface area (Å²) in [6, 6.07) is 17.0. The Bertz CT molecular complexity index is 1850. The fourth-order valence-corrected chi connectivity index (χ4v) is 6.01. The van der Waals surface area contributed by atoms with Crippen LogP contribution in [0.1, 0.15) is 31.2 Å². The van der Waals surface area contributed by atoms with E-state index in [0.29, 0.717) is 11.4 Å². The van der Waals surface area contributed by atoms with Crippen LogP contribution in [0.4, 0.5) is 4.39 Å². The summed E-state index contributed by atoms with van der Waals surface area (Å²) >= 11 is 0. The van der Waals surface area contributed by atoms with E-state index in [-0.39, 0.29) is 5.82 Å². The van der Waals surface area contributed by atoms with Gasteiger partial charge in [0.25, 0.3) is 0 Å². The van der Waals surface area contributed by atoms with Gasteiger partial charge < -0.3 is 15.0 Å². The molecular weight excluding hydrogens is 515 g/mol. The molecule has 0 atom stereocenters. The van der Waals surface area contributed by atoms with E-state index >= 15 is 0 Å². The molecule has 2 aromatic carbocycles. The monoisotopic (exact) mass is 546 g/mol. The van der Waals surface area contributed by atoms with E-state index in [9.17, 15) is 4.39 Å². The Morgan fingerprint density at radius 2 is 1.83 bits per heavy atom. The minimum Gasteiger partial charge on any atom is -0.497 e. The molecule has 3 N–H and O–H groups in total. The van der Waals surface area contributed by atoms with E-state index in [1.54, 1.807) is 7.11 Å². The van der Waals surface area contributed by atoms with Crippen molar-refractivity contribution in [3.05, 3.63) is 84.6 Å². The standard InChI is InChI=1S/C33H31FN6O/c1-41-26-11-22(10-25(34)13-26)27-7-4-8-30-28(27)14-31(38-30)32-29-12-24(19-37-33(29)40-39-32)23-9-21(17-36-18-23)16-35-15-20-5-2-3-6-20/h4,7-14,17-20,35,38H,2-3,5-6,15-16H2,1H3,(H,37,39,40). The molecule has 41 heavy (non-hydrogen) atoms. The van der Waals surface area contributed by atoms with Gasteiger partial charge in [0.2, 0.25) is 0 Å². The molecule has 0 aliphatic heterocycles. The fraction of sp³-hybridized carbons (Fsp3) is 0.242. The third-order valence-corrected chi connectivity index (χ3v) is 8.12. The molecule has 0 saturated heterocycles. The molecule has 1 aliphatic carbocycles. The molecule has 7 rings (SSSR count). The van der Waals surface area contributed by atoms with Crippen LogP contribution < -0.4 is 10.1 Å². The molecule has 0 radical (unpaired) electrons. The predicted molar refractivity (Wildman–Crippen MR) is 160 cm³/mol. The SMILES string of the molecule is COc1cc(F)cc(-c2cccc3[nH]c(-c4n[nH]c5ncc(-c6cncc(CNCC7CCCC7)c6)cc45)cc23)c1. The van der Waals surface area contributed by atoms with E-state index in [0.717, 1.165) is 74.5 Å². The Kier molecular flexibility index (Phi) is 6.68. The lowest BCUT2D eigenvalue weighted by Gasteiger charge is -2.11. The van der Waals surface area contributed by atoms with Crippen LogP contribution in [0.25, 0.3) is 55.6 Å². The molecule has 7 nitrogen and oxygen atoms in total. The van der Waals surface area contributed by atoms with Gasteiger partial charge in [0, 0.05) is 58.6 Å². The third-order valence-electron chi connectivity index (χ3n) is 8.12. The number of fused-ring (bicyclic) bond motifs is 2. The Morgan fingerprint density at radius 1 is 0.951 bits per heavy atom. The topological polar surface area (TPSA) is 91.5 Å². The van der Waals surface area contributed by atoms with Gasteiger partial charge in [0.05, 0.1) is 12.8 Å². The van der Waals surface area contributed by atoms with E-state index < -0.39 is 0 Å². The second kappa shape index (κ2) is 10.8. The van der Waals surface area contributed by atoms with Crippen molar-refractivity contribution in [1.82, 2.24) is 30.5 Å². The van der Waals surface area contributed by atoms with Crippen molar-refractivity contribution in [2.45, 2.75) is 32.2 Å². The quantitative estimate of drug-likeness (QED) is 0.187. The third kappa shape index (κ3) is 5.07. The summed E-state index contributed by atoms with van der Waals surface area (Å²) in [5.74, 6) is 0.939.